The lowest BCUT2D eigenvalue weighted by atomic mass is 9.95. The third-order valence-electron chi connectivity index (χ3n) is 9.87. The average Bonchev–Trinajstić information content (AvgIpc) is 3.68. The summed E-state index contributed by atoms with van der Waals surface area (Å²) < 4.78 is 1.14. The highest BCUT2D eigenvalue weighted by atomic mass is 32.1. The number of nitrogens with zero attached hydrogens (tertiary/aromatic N) is 5. The Hall–Kier alpha value is -7.15. The highest BCUT2D eigenvalue weighted by Gasteiger charge is 2.22. The van der Waals surface area contributed by atoms with Crippen LogP contribution in [0.15, 0.2) is 188 Å². The zero-order chi connectivity index (χ0) is 37.8. The standard InChI is InChI=1S/C50H35N5S/c1-3-51-29-26-33(2)48-45(38-27-30-52-31-28-38)46-41-16-10-11-17-42(41)53-47(49(46)56-48)39-24-20-35(21-25-39)34-18-22-37(23-19-34)44-32-43(36-12-6-4-7-13-36)54-50(55-44)40-14-8-5-9-15-40/h3-32H,1H2,2H3/b33-26+,51-29?. The summed E-state index contributed by atoms with van der Waals surface area (Å²) >= 11 is 1.77. The van der Waals surface area contributed by atoms with E-state index in [1.54, 1.807) is 23.8 Å². The lowest BCUT2D eigenvalue weighted by molar-refractivity contribution is 1.18. The molecule has 0 atom stereocenters. The average molecular weight is 738 g/mol. The van der Waals surface area contributed by atoms with Crippen LogP contribution in [0.4, 0.5) is 0 Å². The normalized spacial score (nSPS) is 11.8. The number of hydrogen-bond donors (Lipinski definition) is 0. The Kier molecular flexibility index (Phi) is 9.46. The van der Waals surface area contributed by atoms with Crippen LogP contribution in [0.1, 0.15) is 11.8 Å². The third-order valence-corrected chi connectivity index (χ3v) is 11.2. The van der Waals surface area contributed by atoms with Crippen molar-refractivity contribution < 1.29 is 0 Å². The van der Waals surface area contributed by atoms with Gasteiger partial charge in [-0.3, -0.25) is 9.98 Å². The van der Waals surface area contributed by atoms with Crippen molar-refractivity contribution in [2.45, 2.75) is 6.92 Å². The van der Waals surface area contributed by atoms with E-state index in [0.717, 1.165) is 77.2 Å². The number of fused-ring (bicyclic) bond motifs is 3. The van der Waals surface area contributed by atoms with E-state index < -0.39 is 0 Å². The highest BCUT2D eigenvalue weighted by molar-refractivity contribution is 7.21. The second-order valence-corrected chi connectivity index (χ2v) is 14.4. The highest BCUT2D eigenvalue weighted by Crippen LogP contribution is 2.48. The molecule has 5 aromatic carbocycles. The molecule has 0 aliphatic carbocycles. The number of rotatable bonds is 9. The minimum Gasteiger partial charge on any atom is -0.265 e. The van der Waals surface area contributed by atoms with E-state index >= 15 is 0 Å². The maximum atomic E-state index is 5.29. The Morgan fingerprint density at radius 3 is 1.82 bits per heavy atom. The van der Waals surface area contributed by atoms with Gasteiger partial charge >= 0.3 is 0 Å². The van der Waals surface area contributed by atoms with E-state index in [2.05, 4.69) is 139 Å². The number of allylic oxidation sites excluding steroid dienone is 2. The molecular formula is C50H35N5S. The number of aliphatic imine (C=N–C) groups is 1. The van der Waals surface area contributed by atoms with E-state index in [9.17, 15) is 0 Å². The second kappa shape index (κ2) is 15.3. The molecule has 4 aromatic heterocycles. The predicted octanol–water partition coefficient (Wildman–Crippen LogP) is 13.3. The third kappa shape index (κ3) is 6.74. The van der Waals surface area contributed by atoms with Gasteiger partial charge in [0, 0.05) is 68.3 Å². The predicted molar refractivity (Wildman–Crippen MR) is 235 cm³/mol. The van der Waals surface area contributed by atoms with Gasteiger partial charge in [0.2, 0.25) is 0 Å². The largest absolute Gasteiger partial charge is 0.265 e. The van der Waals surface area contributed by atoms with Crippen molar-refractivity contribution in [2.75, 3.05) is 0 Å². The zero-order valence-electron chi connectivity index (χ0n) is 30.7. The number of pyridine rings is 2. The Balaban J connectivity index is 1.11. The molecular weight excluding hydrogens is 703 g/mol. The SMILES string of the molecule is C=CN=C/C=C(\C)c1sc2c(-c3ccc(-c4ccc(-c5cc(-c6ccccc6)nc(-c6ccccc6)n5)cc4)cc3)nc3ccccc3c2c1-c1ccncc1. The maximum absolute atomic E-state index is 5.29. The number of para-hydroxylation sites is 1. The summed E-state index contributed by atoms with van der Waals surface area (Å²) in [6.07, 6.45) is 9.10. The lowest BCUT2D eigenvalue weighted by Gasteiger charge is -2.11. The molecule has 0 bridgehead atoms. The molecule has 9 rings (SSSR count). The molecule has 0 N–H and O–H groups in total. The van der Waals surface area contributed by atoms with Crippen molar-refractivity contribution in [1.29, 1.82) is 0 Å². The van der Waals surface area contributed by atoms with Crippen molar-refractivity contribution in [3.8, 4) is 67.4 Å². The van der Waals surface area contributed by atoms with E-state index in [1.165, 1.54) is 15.8 Å². The van der Waals surface area contributed by atoms with E-state index in [1.807, 2.05) is 54.9 Å². The summed E-state index contributed by atoms with van der Waals surface area (Å²) in [5.74, 6) is 0.705. The van der Waals surface area contributed by atoms with Crippen LogP contribution in [-0.4, -0.2) is 26.2 Å². The minimum absolute atomic E-state index is 0.705. The number of benzene rings is 5. The molecule has 0 unspecified atom stereocenters. The van der Waals surface area contributed by atoms with Crippen LogP contribution in [0, 0.1) is 0 Å². The van der Waals surface area contributed by atoms with Gasteiger partial charge < -0.3 is 0 Å². The van der Waals surface area contributed by atoms with Gasteiger partial charge in [0.05, 0.1) is 27.3 Å². The molecule has 56 heavy (non-hydrogen) atoms. The summed E-state index contributed by atoms with van der Waals surface area (Å²) in [4.78, 5) is 25.0. The number of thiophene rings is 1. The van der Waals surface area contributed by atoms with Crippen LogP contribution in [0.5, 0.6) is 0 Å². The summed E-state index contributed by atoms with van der Waals surface area (Å²) in [5.41, 5.74) is 13.5. The van der Waals surface area contributed by atoms with Gasteiger partial charge in [-0.2, -0.15) is 0 Å². The van der Waals surface area contributed by atoms with Gasteiger partial charge in [-0.05, 0) is 59.5 Å². The molecule has 0 spiro atoms. The monoisotopic (exact) mass is 737 g/mol. The molecule has 0 amide bonds. The van der Waals surface area contributed by atoms with Crippen LogP contribution >= 0.6 is 11.3 Å². The first kappa shape index (κ1) is 34.6. The quantitative estimate of drug-likeness (QED) is 0.138. The molecule has 4 heterocycles. The Morgan fingerprint density at radius 2 is 1.16 bits per heavy atom. The number of hydrogen-bond acceptors (Lipinski definition) is 6. The molecule has 9 aromatic rings. The first-order valence-corrected chi connectivity index (χ1v) is 19.2. The minimum atomic E-state index is 0.705. The first-order valence-electron chi connectivity index (χ1n) is 18.4. The molecule has 0 radical (unpaired) electrons. The van der Waals surface area contributed by atoms with E-state index in [4.69, 9.17) is 15.0 Å². The molecule has 0 saturated heterocycles. The maximum Gasteiger partial charge on any atom is 0.160 e. The van der Waals surface area contributed by atoms with Crippen molar-refractivity contribution in [1.82, 2.24) is 19.9 Å². The van der Waals surface area contributed by atoms with Crippen molar-refractivity contribution >= 4 is 44.1 Å². The molecule has 6 heteroatoms. The number of aromatic nitrogens is 4. The smallest absolute Gasteiger partial charge is 0.160 e. The zero-order valence-corrected chi connectivity index (χ0v) is 31.5. The second-order valence-electron chi connectivity index (χ2n) is 13.4. The van der Waals surface area contributed by atoms with Gasteiger partial charge in [0.15, 0.2) is 5.82 Å². The van der Waals surface area contributed by atoms with Gasteiger partial charge in [-0.25, -0.2) is 15.0 Å². The Bertz CT molecular complexity index is 2840. The molecule has 266 valence electrons. The van der Waals surface area contributed by atoms with E-state index in [0.29, 0.717) is 5.82 Å². The van der Waals surface area contributed by atoms with Gasteiger partial charge in [0.1, 0.15) is 0 Å². The summed E-state index contributed by atoms with van der Waals surface area (Å²) in [5, 5.41) is 2.32. The van der Waals surface area contributed by atoms with Crippen LogP contribution in [0.2, 0.25) is 0 Å². The lowest BCUT2D eigenvalue weighted by Crippen LogP contribution is -1.95. The van der Waals surface area contributed by atoms with Gasteiger partial charge in [-0.1, -0.05) is 134 Å². The topological polar surface area (TPSA) is 63.9 Å². The first-order chi connectivity index (χ1) is 27.6. The molecule has 0 fully saturated rings. The fraction of sp³-hybridized carbons (Fsp3) is 0.0200. The summed E-state index contributed by atoms with van der Waals surface area (Å²) in [6.45, 7) is 5.87. The summed E-state index contributed by atoms with van der Waals surface area (Å²) in [6, 6.07) is 52.5. The molecule has 0 saturated carbocycles. The van der Waals surface area contributed by atoms with Gasteiger partial charge in [0.25, 0.3) is 0 Å². The summed E-state index contributed by atoms with van der Waals surface area (Å²) in [7, 11) is 0. The molecule has 0 aliphatic rings. The molecule has 0 aliphatic heterocycles. The van der Waals surface area contributed by atoms with Crippen LogP contribution in [0.25, 0.3) is 94.0 Å². The fourth-order valence-electron chi connectivity index (χ4n) is 7.09. The van der Waals surface area contributed by atoms with E-state index in [-0.39, 0.29) is 0 Å². The Labute approximate surface area is 329 Å². The Morgan fingerprint density at radius 1 is 0.589 bits per heavy atom. The van der Waals surface area contributed by atoms with Crippen LogP contribution in [-0.2, 0) is 0 Å². The van der Waals surface area contributed by atoms with Crippen molar-refractivity contribution in [3.05, 3.63) is 188 Å². The van der Waals surface area contributed by atoms with Crippen molar-refractivity contribution in [2.24, 2.45) is 4.99 Å². The van der Waals surface area contributed by atoms with Gasteiger partial charge in [-0.15, -0.1) is 11.3 Å². The van der Waals surface area contributed by atoms with Crippen molar-refractivity contribution in [3.63, 3.8) is 0 Å². The fourth-order valence-corrected chi connectivity index (χ4v) is 8.42. The van der Waals surface area contributed by atoms with Crippen LogP contribution < -0.4 is 0 Å². The molecule has 5 nitrogen and oxygen atoms in total. The van der Waals surface area contributed by atoms with Crippen LogP contribution in [0.3, 0.4) is 0 Å².